The molecule has 16 rings (SSSR count). The highest BCUT2D eigenvalue weighted by Crippen LogP contribution is 2.54. The molecule has 137 heavy (non-hydrogen) atoms. The molecule has 22 atom stereocenters. The number of rotatable bonds is 24. The van der Waals surface area contributed by atoms with Crippen LogP contribution in [0.15, 0.2) is 127 Å². The molecule has 6 amide bonds. The molecule has 0 radical (unpaired) electrons. The van der Waals surface area contributed by atoms with Crippen molar-refractivity contribution in [3.05, 3.63) is 187 Å². The molecule has 8 heterocycles. The molecule has 1 aliphatic carbocycles. The molecule has 19 N–H and O–H groups in total. The molecule has 0 saturated carbocycles. The smallest absolute Gasteiger partial charge is 0.413 e. The van der Waals surface area contributed by atoms with Gasteiger partial charge in [-0.25, -0.2) is 9.59 Å². The van der Waals surface area contributed by atoms with E-state index in [-0.39, 0.29) is 72.0 Å². The normalized spacial score (nSPS) is 28.8. The predicted octanol–water partition coefficient (Wildman–Crippen LogP) is 5.89. The summed E-state index contributed by atoms with van der Waals surface area (Å²) in [4.78, 5) is 161. The SMILES string of the molecule is CC(C)C[C@H](C(=O)N[C@H]1C(=O)C[C@@H](CC(N)=O)C(=O)N[C@H]2C(=O)C[C@H]3C(=O)N[C@H](C(=O)N[C@H](C(=O)O)c4cc(O)cc5c4-c4cc3ccc4C5(O)O)[C@H](O[C@H]3C[C@](C)(N)[C@@H](O)[C@H](C)O3)c3ccc(c(Cl)c3)Oc3cc2cc(c3O[C@@H]2O[C@H](CO)[C@@H](O)[C@H](O)[C@H]2O[C@H]2C[C@](C)(NCc3ccc(-c4ccc(Cl)cc4)cc3)[C@@H](O)[C@H](C)O2)Oc2ccc(cc2Cl)[C@H]1O)N(C)C(=O)OCOC(=O)CCC=O. The van der Waals surface area contributed by atoms with E-state index < -0.39 is 298 Å². The molecule has 0 aromatic heterocycles. The van der Waals surface area contributed by atoms with Crippen LogP contribution in [-0.4, -0.2) is 239 Å². The molecule has 3 saturated heterocycles. The number of aldehydes is 1. The highest BCUT2D eigenvalue weighted by atomic mass is 35.5. The number of aliphatic hydroxyl groups excluding tert-OH is 6. The number of ketones is 2. The molecule has 0 spiro atoms. The molecule has 732 valence electrons. The number of phenols is 1. The van der Waals surface area contributed by atoms with Gasteiger partial charge in [-0.1, -0.05) is 109 Å². The van der Waals surface area contributed by atoms with Crippen molar-refractivity contribution in [2.24, 2.45) is 23.3 Å². The Labute approximate surface area is 798 Å². The van der Waals surface area contributed by atoms with Gasteiger partial charge < -0.3 is 141 Å². The summed E-state index contributed by atoms with van der Waals surface area (Å²) in [6, 6.07) is 18.8. The standard InChI is InChI=1S/C95H105Cl3N8O31/c1-41(2)25-61(106(7)92(125)129-40-128-70(113)9-8-24-107)88(121)104-76-62(110)29-51(32-69(99)112)86(119)102-74-50-30-66(132-64-22-17-48(78(76)114)27-59(64)97)82(137-91-83(80(116)79(115)68(39-108)134-91)136-72-37-94(6,85(118)43(4)131-72)101-38-44-10-12-45(13-11-44)46-14-19-52(96)20-15-46)67(31-50)133-65-23-18-49(28-60(65)98)81(135-71-36-93(5,100)84(117)42(3)130-71)77-89(122)103-75(90(123)124)56-33-53(109)34-58-73(56)55-26-47(16-21-57(55)95(58,126)127)54(35-63(74)111)87(120)105-77/h10-24,26-28,30-31,33-34,41-43,51,54,61,68,71-72,74-81,83-85,91,101,108-109,114-118,126-127H,8-9,25,29,32,35-40,100H2,1-7H3,(H2,99,112)(H,102,119)(H,103,122)(H,104,121)(H,105,120)(H,123,124)/t42-,43-,51-,54+,61+,68+,71-,72-,74+,75-,76-,77-,78+,79+,80-,81+,83+,84-,85-,91-,93-,94-/m0/s1. The molecule has 42 heteroatoms. The van der Waals surface area contributed by atoms with Crippen molar-refractivity contribution < 1.29 is 151 Å². The Morgan fingerprint density at radius 2 is 1.31 bits per heavy atom. The Balaban J connectivity index is 0.952. The zero-order valence-electron chi connectivity index (χ0n) is 74.9. The number of aromatic hydroxyl groups is 1. The molecule has 39 nitrogen and oxygen atoms in total. The fourth-order valence-electron chi connectivity index (χ4n) is 18.1. The summed E-state index contributed by atoms with van der Waals surface area (Å²) in [5.74, 6) is -22.8. The van der Waals surface area contributed by atoms with E-state index in [2.05, 4.69) is 26.6 Å². The zero-order valence-corrected chi connectivity index (χ0v) is 77.2. The number of hydrogen-bond acceptors (Lipinski definition) is 32. The highest BCUT2D eigenvalue weighted by Gasteiger charge is 2.54. The number of nitrogens with one attached hydrogen (secondary N) is 5. The van der Waals surface area contributed by atoms with Crippen LogP contribution in [0.4, 0.5) is 4.79 Å². The lowest BCUT2D eigenvalue weighted by Crippen LogP contribution is -2.65. The molecular weight excluding hydrogens is 1860 g/mol. The summed E-state index contributed by atoms with van der Waals surface area (Å²) < 4.78 is 63.3. The maximum absolute atomic E-state index is 16.9. The van der Waals surface area contributed by atoms with Gasteiger partial charge in [0.1, 0.15) is 78.2 Å². The van der Waals surface area contributed by atoms with Gasteiger partial charge in [0.15, 0.2) is 47.8 Å². The van der Waals surface area contributed by atoms with Crippen molar-refractivity contribution in [2.45, 2.75) is 232 Å². The number of likely N-dealkylation sites (N-methyl/N-ethyl adjacent to an activating group) is 1. The monoisotopic (exact) mass is 1960 g/mol. The number of primary amides is 1. The first-order valence-electron chi connectivity index (χ1n) is 44.0. The second kappa shape index (κ2) is 41.7. The fourth-order valence-corrected chi connectivity index (χ4v) is 18.7. The molecule has 9 aliphatic rings. The van der Waals surface area contributed by atoms with Gasteiger partial charge in [-0.2, -0.15) is 0 Å². The molecule has 11 bridgehead atoms. The number of aliphatic carboxylic acids is 1. The van der Waals surface area contributed by atoms with Crippen molar-refractivity contribution in [3.63, 3.8) is 0 Å². The number of carboxylic acids is 1. The molecule has 3 fully saturated rings. The third-order valence-corrected chi connectivity index (χ3v) is 26.4. The average Bonchev–Trinajstić information content (AvgIpc) is 1.55. The van der Waals surface area contributed by atoms with E-state index in [1.165, 1.54) is 50.2 Å². The van der Waals surface area contributed by atoms with Crippen LogP contribution in [0.5, 0.6) is 34.5 Å². The Bertz CT molecular complexity index is 5800. The number of phenolic OH excluding ortho intramolecular Hbond substituents is 1. The van der Waals surface area contributed by atoms with E-state index in [0.29, 0.717) is 11.3 Å². The first-order chi connectivity index (χ1) is 64.8. The maximum Gasteiger partial charge on any atom is 0.413 e. The summed E-state index contributed by atoms with van der Waals surface area (Å²) in [6.07, 6.45) is -27.4. The van der Waals surface area contributed by atoms with Gasteiger partial charge in [-0.05, 0) is 162 Å². The number of ether oxygens (including phenoxy) is 10. The van der Waals surface area contributed by atoms with Gasteiger partial charge in [-0.15, -0.1) is 0 Å². The van der Waals surface area contributed by atoms with Crippen molar-refractivity contribution in [3.8, 4) is 56.8 Å². The Morgan fingerprint density at radius 3 is 1.93 bits per heavy atom. The highest BCUT2D eigenvalue weighted by molar-refractivity contribution is 6.32. The van der Waals surface area contributed by atoms with E-state index >= 15 is 28.8 Å². The number of Topliss-reactive ketones (excluding diaryl/α,β-unsaturated/α-hetero) is 2. The second-order valence-corrected chi connectivity index (χ2v) is 37.3. The summed E-state index contributed by atoms with van der Waals surface area (Å²) in [5, 5.41) is 132. The number of amides is 6. The number of carbonyl (C=O) groups excluding carboxylic acids is 10. The van der Waals surface area contributed by atoms with Crippen LogP contribution in [-0.2, 0) is 93.4 Å². The molecule has 0 unspecified atom stereocenters. The number of fused-ring (bicyclic) bond motifs is 12. The summed E-state index contributed by atoms with van der Waals surface area (Å²) in [7, 11) is 1.13. The maximum atomic E-state index is 16.9. The number of nitrogens with two attached hydrogens (primary N) is 2. The van der Waals surface area contributed by atoms with Gasteiger partial charge in [0.2, 0.25) is 54.2 Å². The van der Waals surface area contributed by atoms with Gasteiger partial charge in [-0.3, -0.25) is 43.3 Å². The van der Waals surface area contributed by atoms with E-state index in [1.807, 2.05) is 36.4 Å². The largest absolute Gasteiger partial charge is 0.508 e. The lowest BCUT2D eigenvalue weighted by Gasteiger charge is -2.48. The zero-order chi connectivity index (χ0) is 99.0. The van der Waals surface area contributed by atoms with Crippen molar-refractivity contribution >= 4 is 100 Å². The summed E-state index contributed by atoms with van der Waals surface area (Å²) in [5.41, 5.74) is 9.49. The number of carboxylic acid groups (broad SMARTS) is 1. The minimum Gasteiger partial charge on any atom is -0.508 e. The van der Waals surface area contributed by atoms with Crippen molar-refractivity contribution in [1.29, 1.82) is 0 Å². The number of halogens is 3. The van der Waals surface area contributed by atoms with Crippen molar-refractivity contribution in [1.82, 2.24) is 31.5 Å². The molecule has 7 aromatic rings. The lowest BCUT2D eigenvalue weighted by atomic mass is 9.84. The third kappa shape index (κ3) is 22.0. The van der Waals surface area contributed by atoms with Gasteiger partial charge >= 0.3 is 18.0 Å². The van der Waals surface area contributed by atoms with E-state index in [0.717, 1.165) is 71.1 Å². The first-order valence-corrected chi connectivity index (χ1v) is 45.2. The van der Waals surface area contributed by atoms with E-state index in [4.69, 9.17) is 93.6 Å². The van der Waals surface area contributed by atoms with Crippen LogP contribution < -0.4 is 52.3 Å². The van der Waals surface area contributed by atoms with Gasteiger partial charge in [0, 0.05) is 79.3 Å². The number of aliphatic hydroxyl groups is 8. The van der Waals surface area contributed by atoms with Crippen LogP contribution >= 0.6 is 34.8 Å². The van der Waals surface area contributed by atoms with Crippen molar-refractivity contribution in [2.75, 3.05) is 20.4 Å². The van der Waals surface area contributed by atoms with Crippen LogP contribution in [0.3, 0.4) is 0 Å². The number of nitrogens with zero attached hydrogens (tertiary/aromatic N) is 1. The second-order valence-electron chi connectivity index (χ2n) is 36.1. The van der Waals surface area contributed by atoms with Gasteiger partial charge in [0.25, 0.3) is 0 Å². The Hall–Kier alpha value is -11.4. The molecular formula is C95H105Cl3N8O31. The molecule has 8 aliphatic heterocycles. The fraction of sp³-hybridized carbons (Fsp3) is 0.442. The molecule has 7 aromatic carbocycles. The van der Waals surface area contributed by atoms with Crippen LogP contribution in [0.1, 0.15) is 168 Å². The van der Waals surface area contributed by atoms with E-state index in [1.54, 1.807) is 39.8 Å². The van der Waals surface area contributed by atoms with Gasteiger partial charge in [0.05, 0.1) is 59.3 Å². The average molecular weight is 1960 g/mol. The number of carbonyl (C=O) groups is 11. The van der Waals surface area contributed by atoms with Crippen LogP contribution in [0.2, 0.25) is 15.1 Å². The summed E-state index contributed by atoms with van der Waals surface area (Å²) in [6.45, 7) is 7.72. The quantitative estimate of drug-likeness (QED) is 0.0190. The topological polar surface area (TPSA) is 598 Å². The third-order valence-electron chi connectivity index (χ3n) is 25.6. The number of benzene rings is 7. The number of esters is 1. The Morgan fingerprint density at radius 1 is 0.686 bits per heavy atom. The predicted molar refractivity (Wildman–Crippen MR) is 481 cm³/mol. The Kier molecular flexibility index (Phi) is 30.9. The minimum absolute atomic E-state index is 0.156. The van der Waals surface area contributed by atoms with E-state index in [9.17, 15) is 75.0 Å². The van der Waals surface area contributed by atoms with Crippen LogP contribution in [0.25, 0.3) is 22.3 Å². The first kappa shape index (κ1) is 101. The number of hydrogen-bond donors (Lipinski definition) is 17. The minimum atomic E-state index is -3.08. The van der Waals surface area contributed by atoms with Crippen LogP contribution in [0, 0.1) is 11.8 Å². The lowest BCUT2D eigenvalue weighted by molar-refractivity contribution is -0.334. The summed E-state index contributed by atoms with van der Waals surface area (Å²) >= 11 is 21.0.